The van der Waals surface area contributed by atoms with Crippen molar-refractivity contribution >= 4 is 0 Å². The molecule has 0 N–H and O–H groups in total. The number of nitrogens with zero attached hydrogens (tertiary/aromatic N) is 4. The van der Waals surface area contributed by atoms with Crippen molar-refractivity contribution in [2.45, 2.75) is 10.8 Å². The molecule has 0 radical (unpaired) electrons. The van der Waals surface area contributed by atoms with Gasteiger partial charge >= 0.3 is 0 Å². The molecule has 0 saturated heterocycles. The normalized spacial score (nSPS) is 13.1. The van der Waals surface area contributed by atoms with Crippen molar-refractivity contribution < 1.29 is 9.47 Å². The Morgan fingerprint density at radius 2 is 0.446 bits per heavy atom. The summed E-state index contributed by atoms with van der Waals surface area (Å²) in [5.41, 5.74) is 33.1. The molecule has 2 aliphatic heterocycles. The van der Waals surface area contributed by atoms with Crippen molar-refractivity contribution in [3.63, 3.8) is 0 Å². The third-order valence-corrected chi connectivity index (χ3v) is 23.3. The lowest BCUT2D eigenvalue weighted by atomic mass is 9.65. The first-order valence-electron chi connectivity index (χ1n) is 38.2. The minimum absolute atomic E-state index is 0.556. The fraction of sp³-hybridized carbons (Fsp3) is 0.0189. The molecule has 2 aromatic heterocycles. The van der Waals surface area contributed by atoms with Crippen molar-refractivity contribution in [2.75, 3.05) is 0 Å². The monoisotopic (exact) mass is 1430 g/mol. The van der Waals surface area contributed by atoms with Gasteiger partial charge in [-0.3, -0.25) is 0 Å². The molecule has 0 bridgehead atoms. The van der Waals surface area contributed by atoms with E-state index in [1.165, 1.54) is 44.5 Å². The number of hydrogen-bond donors (Lipinski definition) is 0. The van der Waals surface area contributed by atoms with Gasteiger partial charge < -0.3 is 9.47 Å². The summed E-state index contributed by atoms with van der Waals surface area (Å²) in [6.45, 7) is 0. The first kappa shape index (κ1) is 64.5. The number of benzene rings is 16. The molecular weight excluding hydrogens is 1360 g/mol. The van der Waals surface area contributed by atoms with Gasteiger partial charge in [0.25, 0.3) is 0 Å². The number of para-hydroxylation sites is 4. The highest BCUT2D eigenvalue weighted by atomic mass is 16.5. The Hall–Kier alpha value is -14.7. The lowest BCUT2D eigenvalue weighted by Gasteiger charge is -2.40. The van der Waals surface area contributed by atoms with E-state index in [0.29, 0.717) is 11.6 Å². The zero-order valence-corrected chi connectivity index (χ0v) is 60.7. The molecule has 0 saturated carbocycles. The van der Waals surface area contributed by atoms with Crippen molar-refractivity contribution in [3.05, 3.63) is 445 Å². The highest BCUT2D eigenvalue weighted by Gasteiger charge is 2.53. The van der Waals surface area contributed by atoms with Crippen LogP contribution in [-0.2, 0) is 10.8 Å². The summed E-state index contributed by atoms with van der Waals surface area (Å²) in [6.07, 6.45) is 0. The molecule has 16 aromatic carbocycles. The molecule has 22 rings (SSSR count). The van der Waals surface area contributed by atoms with E-state index < -0.39 is 10.8 Å². The van der Waals surface area contributed by atoms with Crippen molar-refractivity contribution in [1.29, 1.82) is 0 Å². The largest absolute Gasteiger partial charge is 0.456 e. The van der Waals surface area contributed by atoms with E-state index in [-0.39, 0.29) is 0 Å². The summed E-state index contributed by atoms with van der Waals surface area (Å²) in [4.78, 5) is 21.6. The number of aromatic nitrogens is 4. The molecule has 6 nitrogen and oxygen atoms in total. The molecule has 4 aliphatic rings. The van der Waals surface area contributed by atoms with Gasteiger partial charge in [0.05, 0.1) is 33.6 Å². The van der Waals surface area contributed by atoms with Crippen LogP contribution in [0.5, 0.6) is 23.0 Å². The molecule has 6 heteroatoms. The summed E-state index contributed by atoms with van der Waals surface area (Å²) in [7, 11) is 0. The van der Waals surface area contributed by atoms with Gasteiger partial charge in [-0.15, -0.1) is 0 Å². The quantitative estimate of drug-likeness (QED) is 0.129. The summed E-state index contributed by atoms with van der Waals surface area (Å²) in [5.74, 6) is 4.72. The third kappa shape index (κ3) is 10.1. The number of ether oxygens (including phenoxy) is 2. The molecular formula is C106H66N4O2. The Balaban J connectivity index is 0.588. The van der Waals surface area contributed by atoms with Gasteiger partial charge in [0.2, 0.25) is 0 Å². The topological polar surface area (TPSA) is 70.0 Å². The van der Waals surface area contributed by atoms with E-state index in [1.54, 1.807) is 0 Å². The van der Waals surface area contributed by atoms with Crippen LogP contribution < -0.4 is 9.47 Å². The lowest BCUT2D eigenvalue weighted by molar-refractivity contribution is 0.438. The SMILES string of the molecule is c1ccc(-c2cc(-c3cccc(-c4cccc(-c5cc(-c6ccccc6)nc(-c6ccccc6-c6ccc(-c7cccc8c7Oc7ccccc7C87c8ccccc8-c8ccccc87)cc6)n5)c4)c3)nc(-c3ccc(-c4ccccc4-c4cccc5c4Oc4ccccc4C54c5ccccc5-c5ccccc54)cc3)n2)cc1. The Morgan fingerprint density at radius 1 is 0.161 bits per heavy atom. The summed E-state index contributed by atoms with van der Waals surface area (Å²) in [6, 6.07) is 143. The average molecular weight is 1430 g/mol. The van der Waals surface area contributed by atoms with Gasteiger partial charge in [-0.2, -0.15) is 0 Å². The second-order valence-corrected chi connectivity index (χ2v) is 29.3. The third-order valence-electron chi connectivity index (χ3n) is 23.3. The molecule has 112 heavy (non-hydrogen) atoms. The highest BCUT2D eigenvalue weighted by Crippen LogP contribution is 2.65. The van der Waals surface area contributed by atoms with Crippen LogP contribution in [0.25, 0.3) is 146 Å². The van der Waals surface area contributed by atoms with Gasteiger partial charge in [-0.05, 0) is 125 Å². The Labute approximate surface area is 649 Å². The second kappa shape index (κ2) is 26.0. The van der Waals surface area contributed by atoms with E-state index in [0.717, 1.165) is 157 Å². The zero-order valence-electron chi connectivity index (χ0n) is 60.7. The Bertz CT molecular complexity index is 6740. The van der Waals surface area contributed by atoms with Gasteiger partial charge in [0, 0.05) is 66.8 Å². The summed E-state index contributed by atoms with van der Waals surface area (Å²) < 4.78 is 14.3. The lowest BCUT2D eigenvalue weighted by Crippen LogP contribution is -2.32. The Morgan fingerprint density at radius 3 is 0.902 bits per heavy atom. The maximum absolute atomic E-state index is 7.17. The van der Waals surface area contributed by atoms with Crippen LogP contribution in [0.2, 0.25) is 0 Å². The fourth-order valence-electron chi connectivity index (χ4n) is 18.4. The molecule has 0 amide bonds. The van der Waals surface area contributed by atoms with Crippen LogP contribution in [0, 0.1) is 0 Å². The standard InChI is InChI=1S/C106H66N4O2/c1-3-27-70(28-4-1)95-65-97(108-103(107-95)72-61-59-67(60-62-72)77-35-7-9-37-80(77)85-44-26-52-94-102(85)112-100-54-22-20-50-92(100)106(94)89-47-17-13-40-83(89)84-41-14-18-48-90(84)106)75-33-23-31-73(63-75)74-32-24-34-76(64-74)98-66-96(71-29-5-2-6-30-71)109-104(110-98)86-42-10-8-36-78(86)68-55-57-69(58-56-68)79-43-25-51-93-101(79)111-99-53-21-19-49-91(99)105(93)87-45-15-11-38-81(87)82-39-12-16-46-88(82)105/h1-66H. The minimum Gasteiger partial charge on any atom is -0.456 e. The van der Waals surface area contributed by atoms with E-state index >= 15 is 0 Å². The van der Waals surface area contributed by atoms with E-state index in [4.69, 9.17) is 29.4 Å². The Kier molecular flexibility index (Phi) is 15.0. The van der Waals surface area contributed by atoms with Gasteiger partial charge in [-0.25, -0.2) is 19.9 Å². The van der Waals surface area contributed by atoms with Crippen molar-refractivity contribution in [2.24, 2.45) is 0 Å². The fourth-order valence-corrected chi connectivity index (χ4v) is 18.4. The zero-order chi connectivity index (χ0) is 73.9. The molecule has 0 fully saturated rings. The maximum Gasteiger partial charge on any atom is 0.161 e. The molecule has 18 aromatic rings. The molecule has 2 spiro atoms. The van der Waals surface area contributed by atoms with Crippen LogP contribution in [-0.4, -0.2) is 19.9 Å². The van der Waals surface area contributed by atoms with E-state index in [1.807, 2.05) is 12.1 Å². The number of hydrogen-bond acceptors (Lipinski definition) is 6. The van der Waals surface area contributed by atoms with Gasteiger partial charge in [-0.1, -0.05) is 364 Å². The predicted octanol–water partition coefficient (Wildman–Crippen LogP) is 26.5. The van der Waals surface area contributed by atoms with Crippen LogP contribution >= 0.6 is 0 Å². The second-order valence-electron chi connectivity index (χ2n) is 29.3. The van der Waals surface area contributed by atoms with E-state index in [2.05, 4.69) is 388 Å². The van der Waals surface area contributed by atoms with Crippen LogP contribution in [0.3, 0.4) is 0 Å². The van der Waals surface area contributed by atoms with Crippen LogP contribution in [0.15, 0.2) is 400 Å². The van der Waals surface area contributed by atoms with Crippen molar-refractivity contribution in [1.82, 2.24) is 19.9 Å². The smallest absolute Gasteiger partial charge is 0.161 e. The molecule has 0 unspecified atom stereocenters. The molecule has 0 atom stereocenters. The van der Waals surface area contributed by atoms with Gasteiger partial charge in [0.1, 0.15) is 23.0 Å². The van der Waals surface area contributed by atoms with E-state index in [9.17, 15) is 0 Å². The van der Waals surface area contributed by atoms with Crippen LogP contribution in [0.4, 0.5) is 0 Å². The summed E-state index contributed by atoms with van der Waals surface area (Å²) in [5, 5.41) is 0. The first-order valence-corrected chi connectivity index (χ1v) is 38.2. The highest BCUT2D eigenvalue weighted by molar-refractivity contribution is 5.95. The number of fused-ring (bicyclic) bond motifs is 18. The number of rotatable bonds is 11. The average Bonchev–Trinajstić information content (AvgIpc) is 1.49. The minimum atomic E-state index is -0.573. The molecule has 2 aliphatic carbocycles. The predicted molar refractivity (Wildman–Crippen MR) is 452 cm³/mol. The maximum atomic E-state index is 7.17. The summed E-state index contributed by atoms with van der Waals surface area (Å²) >= 11 is 0. The molecule has 4 heterocycles. The van der Waals surface area contributed by atoms with Crippen molar-refractivity contribution in [3.8, 4) is 169 Å². The first-order chi connectivity index (χ1) is 55.5. The molecule has 522 valence electrons. The van der Waals surface area contributed by atoms with Crippen LogP contribution in [0.1, 0.15) is 44.5 Å². The van der Waals surface area contributed by atoms with Gasteiger partial charge in [0.15, 0.2) is 11.6 Å².